The van der Waals surface area contributed by atoms with E-state index in [-0.39, 0.29) is 11.5 Å². The summed E-state index contributed by atoms with van der Waals surface area (Å²) in [6.07, 6.45) is 1.67. The average molecular weight is 252 g/mol. The molecule has 0 saturated carbocycles. The van der Waals surface area contributed by atoms with E-state index in [0.29, 0.717) is 11.4 Å². The van der Waals surface area contributed by atoms with E-state index in [9.17, 15) is 10.2 Å². The number of hydrogen-bond donors (Lipinski definition) is 2. The van der Waals surface area contributed by atoms with Gasteiger partial charge in [-0.05, 0) is 31.2 Å². The van der Waals surface area contributed by atoms with Crippen molar-refractivity contribution in [1.82, 2.24) is 9.97 Å². The van der Waals surface area contributed by atoms with E-state index in [1.54, 1.807) is 43.5 Å². The Labute approximate surface area is 110 Å². The summed E-state index contributed by atoms with van der Waals surface area (Å²) < 4.78 is 0. The molecule has 0 aliphatic rings. The summed E-state index contributed by atoms with van der Waals surface area (Å²) in [7, 11) is 0. The Balaban J connectivity index is 2.32. The molecule has 3 rings (SSSR count). The Morgan fingerprint density at radius 1 is 1.05 bits per heavy atom. The first-order chi connectivity index (χ1) is 9.15. The predicted molar refractivity (Wildman–Crippen MR) is 73.0 cm³/mol. The van der Waals surface area contributed by atoms with Crippen LogP contribution in [0, 0.1) is 6.92 Å². The van der Waals surface area contributed by atoms with Crippen molar-refractivity contribution in [3.8, 4) is 22.8 Å². The van der Waals surface area contributed by atoms with Crippen molar-refractivity contribution in [1.29, 1.82) is 0 Å². The molecule has 3 aromatic rings. The maximum absolute atomic E-state index is 9.80. The molecule has 0 fully saturated rings. The van der Waals surface area contributed by atoms with Gasteiger partial charge in [-0.3, -0.25) is 4.98 Å². The van der Waals surface area contributed by atoms with E-state index in [0.717, 1.165) is 16.5 Å². The molecule has 19 heavy (non-hydrogen) atoms. The van der Waals surface area contributed by atoms with Gasteiger partial charge in [-0.2, -0.15) is 0 Å². The number of aromatic hydroxyl groups is 2. The maximum atomic E-state index is 9.80. The van der Waals surface area contributed by atoms with E-state index < -0.39 is 0 Å². The number of rotatable bonds is 1. The summed E-state index contributed by atoms with van der Waals surface area (Å²) in [5.41, 5.74) is 2.83. The monoisotopic (exact) mass is 252 g/mol. The molecule has 2 heterocycles. The molecule has 2 N–H and O–H groups in total. The fourth-order valence-electron chi connectivity index (χ4n) is 2.07. The molecular weight excluding hydrogens is 240 g/mol. The van der Waals surface area contributed by atoms with Crippen LogP contribution < -0.4 is 0 Å². The van der Waals surface area contributed by atoms with E-state index in [4.69, 9.17) is 0 Å². The number of phenols is 1. The van der Waals surface area contributed by atoms with E-state index in [2.05, 4.69) is 9.97 Å². The van der Waals surface area contributed by atoms with Gasteiger partial charge in [-0.15, -0.1) is 0 Å². The Morgan fingerprint density at radius 2 is 1.89 bits per heavy atom. The highest BCUT2D eigenvalue weighted by Gasteiger charge is 2.09. The fourth-order valence-corrected chi connectivity index (χ4v) is 2.07. The number of phenolic OH excluding ortho intramolecular Hbond substituents is 1. The molecule has 0 aliphatic carbocycles. The average Bonchev–Trinajstić information content (AvgIpc) is 2.39. The smallest absolute Gasteiger partial charge is 0.137 e. The molecule has 0 atom stereocenters. The zero-order valence-corrected chi connectivity index (χ0v) is 10.3. The zero-order chi connectivity index (χ0) is 13.4. The number of pyridine rings is 2. The first-order valence-electron chi connectivity index (χ1n) is 5.90. The van der Waals surface area contributed by atoms with Crippen molar-refractivity contribution in [2.45, 2.75) is 6.92 Å². The molecule has 0 unspecified atom stereocenters. The summed E-state index contributed by atoms with van der Waals surface area (Å²) in [5, 5.41) is 20.1. The third kappa shape index (κ3) is 1.97. The second kappa shape index (κ2) is 4.24. The quantitative estimate of drug-likeness (QED) is 0.698. The Bertz CT molecular complexity index is 769. The van der Waals surface area contributed by atoms with Crippen molar-refractivity contribution in [3.05, 3.63) is 48.3 Å². The first kappa shape index (κ1) is 11.5. The topological polar surface area (TPSA) is 66.2 Å². The van der Waals surface area contributed by atoms with Gasteiger partial charge < -0.3 is 10.2 Å². The van der Waals surface area contributed by atoms with E-state index in [1.807, 2.05) is 6.07 Å². The maximum Gasteiger partial charge on any atom is 0.137 e. The lowest BCUT2D eigenvalue weighted by Gasteiger charge is -2.07. The Hall–Kier alpha value is -2.62. The number of hydrogen-bond acceptors (Lipinski definition) is 4. The van der Waals surface area contributed by atoms with Gasteiger partial charge in [0.25, 0.3) is 0 Å². The minimum absolute atomic E-state index is 0.141. The minimum atomic E-state index is 0.141. The fraction of sp³-hybridized carbons (Fsp3) is 0.0667. The highest BCUT2D eigenvalue weighted by Crippen LogP contribution is 2.30. The molecule has 4 heteroatoms. The van der Waals surface area contributed by atoms with Crippen LogP contribution in [0.2, 0.25) is 0 Å². The standard InChI is InChI=1S/C15H12N2O2/c1-9-14(19)8-12-13(17-9)5-6-16-15(12)10-3-2-4-11(18)7-10/h2-8,18-19H,1H3. The lowest BCUT2D eigenvalue weighted by Crippen LogP contribution is -1.90. The number of benzene rings is 1. The Morgan fingerprint density at radius 3 is 2.68 bits per heavy atom. The van der Waals surface area contributed by atoms with Gasteiger partial charge in [-0.1, -0.05) is 12.1 Å². The number of fused-ring (bicyclic) bond motifs is 1. The second-order valence-corrected chi connectivity index (χ2v) is 4.37. The minimum Gasteiger partial charge on any atom is -0.508 e. The van der Waals surface area contributed by atoms with E-state index in [1.165, 1.54) is 0 Å². The molecule has 4 nitrogen and oxygen atoms in total. The van der Waals surface area contributed by atoms with Crippen LogP contribution in [0.4, 0.5) is 0 Å². The van der Waals surface area contributed by atoms with Crippen LogP contribution in [0.5, 0.6) is 11.5 Å². The molecule has 1 aromatic carbocycles. The normalized spacial score (nSPS) is 10.8. The van der Waals surface area contributed by atoms with Crippen LogP contribution >= 0.6 is 0 Å². The van der Waals surface area contributed by atoms with Crippen molar-refractivity contribution in [2.75, 3.05) is 0 Å². The van der Waals surface area contributed by atoms with Gasteiger partial charge in [0.1, 0.15) is 11.5 Å². The van der Waals surface area contributed by atoms with Gasteiger partial charge in [0.05, 0.1) is 16.9 Å². The van der Waals surface area contributed by atoms with Crippen LogP contribution in [-0.2, 0) is 0 Å². The molecule has 0 amide bonds. The van der Waals surface area contributed by atoms with Crippen molar-refractivity contribution >= 4 is 10.9 Å². The molecule has 0 spiro atoms. The zero-order valence-electron chi connectivity index (χ0n) is 10.3. The van der Waals surface area contributed by atoms with Gasteiger partial charge in [0, 0.05) is 17.1 Å². The van der Waals surface area contributed by atoms with Gasteiger partial charge in [0.2, 0.25) is 0 Å². The van der Waals surface area contributed by atoms with Gasteiger partial charge in [-0.25, -0.2) is 4.98 Å². The third-order valence-electron chi connectivity index (χ3n) is 3.03. The summed E-state index contributed by atoms with van der Waals surface area (Å²) >= 11 is 0. The lowest BCUT2D eigenvalue weighted by atomic mass is 10.1. The van der Waals surface area contributed by atoms with E-state index >= 15 is 0 Å². The van der Waals surface area contributed by atoms with Crippen molar-refractivity contribution < 1.29 is 10.2 Å². The predicted octanol–water partition coefficient (Wildman–Crippen LogP) is 3.02. The molecule has 94 valence electrons. The van der Waals surface area contributed by atoms with Crippen LogP contribution in [0.25, 0.3) is 22.2 Å². The SMILES string of the molecule is Cc1nc2ccnc(-c3cccc(O)c3)c2cc1O. The summed E-state index contributed by atoms with van der Waals surface area (Å²) in [6, 6.07) is 10.3. The first-order valence-corrected chi connectivity index (χ1v) is 5.90. The molecule has 0 aliphatic heterocycles. The molecule has 2 aromatic heterocycles. The molecule has 0 radical (unpaired) electrons. The summed E-state index contributed by atoms with van der Waals surface area (Å²) in [6.45, 7) is 1.75. The highest BCUT2D eigenvalue weighted by atomic mass is 16.3. The highest BCUT2D eigenvalue weighted by molar-refractivity contribution is 5.93. The molecule has 0 bridgehead atoms. The lowest BCUT2D eigenvalue weighted by molar-refractivity contribution is 0.469. The van der Waals surface area contributed by atoms with Gasteiger partial charge in [0.15, 0.2) is 0 Å². The van der Waals surface area contributed by atoms with Crippen molar-refractivity contribution in [2.24, 2.45) is 0 Å². The van der Waals surface area contributed by atoms with Crippen LogP contribution in [0.3, 0.4) is 0 Å². The van der Waals surface area contributed by atoms with Gasteiger partial charge >= 0.3 is 0 Å². The van der Waals surface area contributed by atoms with Crippen molar-refractivity contribution in [3.63, 3.8) is 0 Å². The van der Waals surface area contributed by atoms with Crippen LogP contribution in [-0.4, -0.2) is 20.2 Å². The third-order valence-corrected chi connectivity index (χ3v) is 3.03. The number of aromatic nitrogens is 2. The van der Waals surface area contributed by atoms with Crippen LogP contribution in [0.15, 0.2) is 42.6 Å². The Kier molecular flexibility index (Phi) is 2.56. The number of nitrogens with zero attached hydrogens (tertiary/aromatic N) is 2. The van der Waals surface area contributed by atoms with Crippen LogP contribution in [0.1, 0.15) is 5.69 Å². The summed E-state index contributed by atoms with van der Waals surface area (Å²) in [5.74, 6) is 0.322. The summed E-state index contributed by atoms with van der Waals surface area (Å²) in [4.78, 5) is 8.66. The number of aryl methyl sites for hydroxylation is 1. The second-order valence-electron chi connectivity index (χ2n) is 4.37. The largest absolute Gasteiger partial charge is 0.508 e. The molecular formula is C15H12N2O2. The molecule has 0 saturated heterocycles.